The van der Waals surface area contributed by atoms with Crippen LogP contribution in [0.15, 0.2) is 0 Å². The lowest BCUT2D eigenvalue weighted by Gasteiger charge is -2.39. The molecule has 1 unspecified atom stereocenters. The van der Waals surface area contributed by atoms with Gasteiger partial charge in [-0.3, -0.25) is 0 Å². The van der Waals surface area contributed by atoms with Gasteiger partial charge in [-0.25, -0.2) is 0 Å². The Morgan fingerprint density at radius 1 is 1.36 bits per heavy atom. The second-order valence-corrected chi connectivity index (χ2v) is 5.62. The Morgan fingerprint density at radius 3 is 2.36 bits per heavy atom. The van der Waals surface area contributed by atoms with Crippen LogP contribution in [0.2, 0.25) is 0 Å². The SMILES string of the molecule is CCOC1CC(CC(N)C(C)(C)C)C1. The summed E-state index contributed by atoms with van der Waals surface area (Å²) in [5, 5.41) is 0. The van der Waals surface area contributed by atoms with Crippen LogP contribution in [-0.4, -0.2) is 18.8 Å². The molecular weight excluding hydrogens is 174 g/mol. The van der Waals surface area contributed by atoms with Gasteiger partial charge in [-0.2, -0.15) is 0 Å². The smallest absolute Gasteiger partial charge is 0.0580 e. The normalized spacial score (nSPS) is 29.8. The van der Waals surface area contributed by atoms with Crippen molar-refractivity contribution in [2.45, 2.75) is 59.1 Å². The molecule has 0 aromatic carbocycles. The van der Waals surface area contributed by atoms with Gasteiger partial charge in [0.25, 0.3) is 0 Å². The molecule has 0 heterocycles. The van der Waals surface area contributed by atoms with Gasteiger partial charge in [0.2, 0.25) is 0 Å². The van der Waals surface area contributed by atoms with Gasteiger partial charge in [0, 0.05) is 12.6 Å². The molecule has 0 radical (unpaired) electrons. The van der Waals surface area contributed by atoms with Gasteiger partial charge in [-0.15, -0.1) is 0 Å². The number of rotatable bonds is 4. The van der Waals surface area contributed by atoms with E-state index in [4.69, 9.17) is 10.5 Å². The van der Waals surface area contributed by atoms with E-state index in [0.717, 1.165) is 18.9 Å². The van der Waals surface area contributed by atoms with Crippen LogP contribution in [0.3, 0.4) is 0 Å². The standard InChI is InChI=1S/C12H25NO/c1-5-14-10-6-9(7-10)8-11(13)12(2,3)4/h9-11H,5-8,13H2,1-4H3. The largest absolute Gasteiger partial charge is 0.378 e. The van der Waals surface area contributed by atoms with E-state index in [1.807, 2.05) is 0 Å². The molecule has 2 heteroatoms. The topological polar surface area (TPSA) is 35.2 Å². The molecule has 0 aliphatic heterocycles. The van der Waals surface area contributed by atoms with Crippen molar-refractivity contribution >= 4 is 0 Å². The third-order valence-corrected chi connectivity index (χ3v) is 3.29. The van der Waals surface area contributed by atoms with E-state index in [-0.39, 0.29) is 5.41 Å². The summed E-state index contributed by atoms with van der Waals surface area (Å²) in [6, 6.07) is 0.329. The Morgan fingerprint density at radius 2 is 1.93 bits per heavy atom. The summed E-state index contributed by atoms with van der Waals surface area (Å²) in [6.45, 7) is 9.57. The fraction of sp³-hybridized carbons (Fsp3) is 1.00. The quantitative estimate of drug-likeness (QED) is 0.755. The Balaban J connectivity index is 2.16. The molecule has 2 N–H and O–H groups in total. The van der Waals surface area contributed by atoms with Crippen LogP contribution in [0.4, 0.5) is 0 Å². The van der Waals surface area contributed by atoms with Crippen molar-refractivity contribution in [1.29, 1.82) is 0 Å². The lowest BCUT2D eigenvalue weighted by atomic mass is 9.73. The average molecular weight is 199 g/mol. The van der Waals surface area contributed by atoms with Crippen LogP contribution >= 0.6 is 0 Å². The van der Waals surface area contributed by atoms with Gasteiger partial charge < -0.3 is 10.5 Å². The zero-order valence-electron chi connectivity index (χ0n) is 10.0. The van der Waals surface area contributed by atoms with E-state index in [1.165, 1.54) is 12.8 Å². The Bertz CT molecular complexity index is 168. The molecule has 84 valence electrons. The first kappa shape index (κ1) is 12.0. The highest BCUT2D eigenvalue weighted by Crippen LogP contribution is 2.36. The molecule has 1 aliphatic rings. The van der Waals surface area contributed by atoms with Crippen LogP contribution in [0, 0.1) is 11.3 Å². The van der Waals surface area contributed by atoms with E-state index in [0.29, 0.717) is 12.1 Å². The summed E-state index contributed by atoms with van der Waals surface area (Å²) in [7, 11) is 0. The Kier molecular flexibility index (Phi) is 3.96. The number of nitrogens with two attached hydrogens (primary N) is 1. The zero-order valence-corrected chi connectivity index (χ0v) is 10.0. The van der Waals surface area contributed by atoms with Crippen LogP contribution < -0.4 is 5.73 Å². The average Bonchev–Trinajstić information content (AvgIpc) is 1.98. The third-order valence-electron chi connectivity index (χ3n) is 3.29. The number of hydrogen-bond acceptors (Lipinski definition) is 2. The van der Waals surface area contributed by atoms with Crippen molar-refractivity contribution < 1.29 is 4.74 Å². The Hall–Kier alpha value is -0.0800. The predicted octanol–water partition coefficient (Wildman–Crippen LogP) is 2.57. The van der Waals surface area contributed by atoms with Crippen LogP contribution in [0.5, 0.6) is 0 Å². The molecule has 0 bridgehead atoms. The molecule has 2 nitrogen and oxygen atoms in total. The van der Waals surface area contributed by atoms with E-state index in [2.05, 4.69) is 27.7 Å². The molecule has 1 rings (SSSR count). The maximum absolute atomic E-state index is 6.14. The van der Waals surface area contributed by atoms with Crippen LogP contribution in [0.1, 0.15) is 47.0 Å². The lowest BCUT2D eigenvalue weighted by Crippen LogP contribution is -2.41. The van der Waals surface area contributed by atoms with Gasteiger partial charge in [0.05, 0.1) is 6.10 Å². The molecule has 1 fully saturated rings. The second kappa shape index (κ2) is 4.63. The summed E-state index contributed by atoms with van der Waals surface area (Å²) in [5.41, 5.74) is 6.39. The maximum Gasteiger partial charge on any atom is 0.0580 e. The Labute approximate surface area is 88.2 Å². The van der Waals surface area contributed by atoms with E-state index >= 15 is 0 Å². The van der Waals surface area contributed by atoms with Crippen molar-refractivity contribution in [2.75, 3.05) is 6.61 Å². The fourth-order valence-electron chi connectivity index (χ4n) is 1.95. The van der Waals surface area contributed by atoms with Crippen LogP contribution in [0.25, 0.3) is 0 Å². The number of ether oxygens (including phenoxy) is 1. The second-order valence-electron chi connectivity index (χ2n) is 5.62. The van der Waals surface area contributed by atoms with Crippen molar-refractivity contribution in [1.82, 2.24) is 0 Å². The molecule has 0 saturated heterocycles. The van der Waals surface area contributed by atoms with Crippen molar-refractivity contribution in [2.24, 2.45) is 17.1 Å². The van der Waals surface area contributed by atoms with E-state index in [9.17, 15) is 0 Å². The van der Waals surface area contributed by atoms with Crippen LogP contribution in [-0.2, 0) is 4.74 Å². The highest BCUT2D eigenvalue weighted by molar-refractivity contribution is 4.87. The van der Waals surface area contributed by atoms with E-state index < -0.39 is 0 Å². The molecule has 1 aliphatic carbocycles. The molecule has 14 heavy (non-hydrogen) atoms. The highest BCUT2D eigenvalue weighted by Gasteiger charge is 2.33. The minimum absolute atomic E-state index is 0.247. The molecule has 0 aromatic heterocycles. The van der Waals surface area contributed by atoms with Crippen molar-refractivity contribution in [3.8, 4) is 0 Å². The van der Waals surface area contributed by atoms with Gasteiger partial charge in [-0.05, 0) is 37.5 Å². The summed E-state index contributed by atoms with van der Waals surface area (Å²) in [4.78, 5) is 0. The number of hydrogen-bond donors (Lipinski definition) is 1. The van der Waals surface area contributed by atoms with Gasteiger partial charge in [0.1, 0.15) is 0 Å². The monoisotopic (exact) mass is 199 g/mol. The van der Waals surface area contributed by atoms with E-state index in [1.54, 1.807) is 0 Å². The summed E-state index contributed by atoms with van der Waals surface area (Å²) in [6.07, 6.45) is 4.12. The molecule has 1 saturated carbocycles. The minimum atomic E-state index is 0.247. The molecule has 1 atom stereocenters. The first-order valence-electron chi connectivity index (χ1n) is 5.80. The lowest BCUT2D eigenvalue weighted by molar-refractivity contribution is -0.0308. The first-order valence-corrected chi connectivity index (χ1v) is 5.80. The first-order chi connectivity index (χ1) is 6.43. The summed E-state index contributed by atoms with van der Waals surface area (Å²) < 4.78 is 5.53. The molecule has 0 amide bonds. The van der Waals surface area contributed by atoms with Gasteiger partial charge in [-0.1, -0.05) is 20.8 Å². The third kappa shape index (κ3) is 3.25. The van der Waals surface area contributed by atoms with Gasteiger partial charge >= 0.3 is 0 Å². The van der Waals surface area contributed by atoms with Crippen molar-refractivity contribution in [3.63, 3.8) is 0 Å². The van der Waals surface area contributed by atoms with Gasteiger partial charge in [0.15, 0.2) is 0 Å². The maximum atomic E-state index is 6.14. The van der Waals surface area contributed by atoms with Crippen molar-refractivity contribution in [3.05, 3.63) is 0 Å². The minimum Gasteiger partial charge on any atom is -0.378 e. The fourth-order valence-corrected chi connectivity index (χ4v) is 1.95. The molecule has 0 spiro atoms. The summed E-state index contributed by atoms with van der Waals surface area (Å²) >= 11 is 0. The highest BCUT2D eigenvalue weighted by atomic mass is 16.5. The predicted molar refractivity (Wildman–Crippen MR) is 60.2 cm³/mol. The molecular formula is C12H25NO. The molecule has 0 aromatic rings. The summed E-state index contributed by atoms with van der Waals surface area (Å²) in [5.74, 6) is 0.806. The zero-order chi connectivity index (χ0) is 10.8.